The van der Waals surface area contributed by atoms with Crippen LogP contribution in [0.25, 0.3) is 5.52 Å². The van der Waals surface area contributed by atoms with Crippen LogP contribution in [0.15, 0.2) is 18.5 Å². The van der Waals surface area contributed by atoms with E-state index in [9.17, 15) is 4.79 Å². The first-order valence-corrected chi connectivity index (χ1v) is 2.88. The molecule has 2 heterocycles. The highest BCUT2D eigenvalue weighted by Gasteiger charge is 1.99. The van der Waals surface area contributed by atoms with Gasteiger partial charge in [-0.15, -0.1) is 0 Å². The monoisotopic (exact) mass is 135 g/mol. The predicted octanol–water partition coefficient (Wildman–Crippen LogP) is 0.475. The maximum Gasteiger partial charge on any atom is 0.192 e. The number of rotatable bonds is 1. The van der Waals surface area contributed by atoms with Crippen LogP contribution in [-0.4, -0.2) is 20.9 Å². The van der Waals surface area contributed by atoms with Gasteiger partial charge in [0.2, 0.25) is 0 Å². The summed E-state index contributed by atoms with van der Waals surface area (Å²) in [4.78, 5) is 14.1. The standard InChI is InChI=1S/C6H5N3O/c10-4-6-7-3-5-1-2-8-9(5)6/h1-4,8H. The van der Waals surface area contributed by atoms with E-state index in [4.69, 9.17) is 0 Å². The number of aromatic amines is 1. The number of fused-ring (bicyclic) bond motifs is 1. The molecule has 0 aliphatic rings. The Bertz CT molecular complexity index is 360. The Labute approximate surface area is 56.5 Å². The number of aldehydes is 1. The summed E-state index contributed by atoms with van der Waals surface area (Å²) in [5.74, 6) is 0.403. The average Bonchev–Trinajstić information content (AvgIpc) is 2.44. The SMILES string of the molecule is O=Cc1ncc2cc[nH]n12. The van der Waals surface area contributed by atoms with Gasteiger partial charge in [0.05, 0.1) is 11.7 Å². The molecule has 50 valence electrons. The quantitative estimate of drug-likeness (QED) is 0.578. The fourth-order valence-corrected chi connectivity index (χ4v) is 0.919. The van der Waals surface area contributed by atoms with E-state index in [0.29, 0.717) is 12.1 Å². The van der Waals surface area contributed by atoms with E-state index in [1.165, 1.54) is 0 Å². The lowest BCUT2D eigenvalue weighted by Crippen LogP contribution is -1.91. The number of H-pyrrole nitrogens is 1. The zero-order valence-corrected chi connectivity index (χ0v) is 5.11. The molecule has 10 heavy (non-hydrogen) atoms. The van der Waals surface area contributed by atoms with Crippen molar-refractivity contribution in [3.05, 3.63) is 24.3 Å². The number of imidazole rings is 1. The second-order valence-electron chi connectivity index (χ2n) is 1.96. The molecule has 2 aromatic heterocycles. The Balaban J connectivity index is 2.88. The summed E-state index contributed by atoms with van der Waals surface area (Å²) in [6.45, 7) is 0. The summed E-state index contributed by atoms with van der Waals surface area (Å²) in [7, 11) is 0. The van der Waals surface area contributed by atoms with E-state index in [1.807, 2.05) is 6.07 Å². The zero-order valence-electron chi connectivity index (χ0n) is 5.11. The van der Waals surface area contributed by atoms with Gasteiger partial charge >= 0.3 is 0 Å². The molecule has 4 nitrogen and oxygen atoms in total. The summed E-state index contributed by atoms with van der Waals surface area (Å²) in [5, 5.41) is 2.84. The number of hydrogen-bond donors (Lipinski definition) is 1. The largest absolute Gasteiger partial charge is 0.299 e. The summed E-state index contributed by atoms with van der Waals surface area (Å²) >= 11 is 0. The highest BCUT2D eigenvalue weighted by atomic mass is 16.1. The minimum Gasteiger partial charge on any atom is -0.299 e. The molecule has 0 unspecified atom stereocenters. The molecular formula is C6H5N3O. The first-order chi connectivity index (χ1) is 4.92. The molecule has 2 aromatic rings. The molecule has 0 fully saturated rings. The minimum absolute atomic E-state index is 0.403. The van der Waals surface area contributed by atoms with Crippen LogP contribution in [0.4, 0.5) is 0 Å². The normalized spacial score (nSPS) is 10.4. The van der Waals surface area contributed by atoms with Crippen molar-refractivity contribution in [2.45, 2.75) is 0 Å². The molecule has 0 saturated heterocycles. The Hall–Kier alpha value is -1.58. The van der Waals surface area contributed by atoms with Crippen LogP contribution in [0.3, 0.4) is 0 Å². The first kappa shape index (κ1) is 5.22. The minimum atomic E-state index is 0.403. The summed E-state index contributed by atoms with van der Waals surface area (Å²) in [6, 6.07) is 1.85. The van der Waals surface area contributed by atoms with Gasteiger partial charge in [-0.05, 0) is 6.07 Å². The molecule has 1 N–H and O–H groups in total. The molecular weight excluding hydrogens is 130 g/mol. The van der Waals surface area contributed by atoms with Gasteiger partial charge in [0, 0.05) is 6.20 Å². The van der Waals surface area contributed by atoms with E-state index in [-0.39, 0.29) is 0 Å². The summed E-state index contributed by atoms with van der Waals surface area (Å²) in [5.41, 5.74) is 0.905. The van der Waals surface area contributed by atoms with Crippen LogP contribution in [0, 0.1) is 0 Å². The maximum atomic E-state index is 10.3. The van der Waals surface area contributed by atoms with Crippen molar-refractivity contribution >= 4 is 11.8 Å². The molecule has 0 radical (unpaired) electrons. The molecule has 0 atom stereocenters. The van der Waals surface area contributed by atoms with Gasteiger partial charge in [0.15, 0.2) is 12.1 Å². The van der Waals surface area contributed by atoms with Crippen LogP contribution in [0.1, 0.15) is 10.6 Å². The lowest BCUT2D eigenvalue weighted by atomic mass is 10.6. The molecule has 0 amide bonds. The zero-order chi connectivity index (χ0) is 6.97. The fourth-order valence-electron chi connectivity index (χ4n) is 0.919. The molecule has 0 spiro atoms. The third-order valence-electron chi connectivity index (χ3n) is 1.38. The Morgan fingerprint density at radius 1 is 1.70 bits per heavy atom. The third-order valence-corrected chi connectivity index (χ3v) is 1.38. The van der Waals surface area contributed by atoms with E-state index >= 15 is 0 Å². The van der Waals surface area contributed by atoms with Gasteiger partial charge in [-0.2, -0.15) is 0 Å². The Kier molecular flexibility index (Phi) is 0.887. The topological polar surface area (TPSA) is 50.2 Å². The molecule has 4 heteroatoms. The fraction of sp³-hybridized carbons (Fsp3) is 0. The lowest BCUT2D eigenvalue weighted by molar-refractivity contribution is 0.111. The Morgan fingerprint density at radius 3 is 3.40 bits per heavy atom. The highest BCUT2D eigenvalue weighted by molar-refractivity contribution is 5.71. The smallest absolute Gasteiger partial charge is 0.192 e. The third kappa shape index (κ3) is 0.500. The van der Waals surface area contributed by atoms with Gasteiger partial charge in [0.25, 0.3) is 0 Å². The number of carbonyl (C=O) groups excluding carboxylic acids is 1. The number of hydrogen-bond acceptors (Lipinski definition) is 2. The van der Waals surface area contributed by atoms with Gasteiger partial charge in [-0.3, -0.25) is 9.89 Å². The van der Waals surface area contributed by atoms with Crippen LogP contribution in [0.5, 0.6) is 0 Å². The maximum absolute atomic E-state index is 10.3. The van der Waals surface area contributed by atoms with Crippen LogP contribution in [0.2, 0.25) is 0 Å². The molecule has 2 rings (SSSR count). The van der Waals surface area contributed by atoms with Gasteiger partial charge in [-0.1, -0.05) is 0 Å². The summed E-state index contributed by atoms with van der Waals surface area (Å²) in [6.07, 6.45) is 4.10. The second-order valence-corrected chi connectivity index (χ2v) is 1.96. The lowest BCUT2D eigenvalue weighted by Gasteiger charge is -1.83. The van der Waals surface area contributed by atoms with Crippen LogP contribution < -0.4 is 0 Å². The van der Waals surface area contributed by atoms with Crippen molar-refractivity contribution in [3.8, 4) is 0 Å². The van der Waals surface area contributed by atoms with Crippen molar-refractivity contribution in [1.29, 1.82) is 0 Å². The molecule has 0 aliphatic heterocycles. The van der Waals surface area contributed by atoms with Crippen molar-refractivity contribution in [2.24, 2.45) is 0 Å². The van der Waals surface area contributed by atoms with Crippen LogP contribution >= 0.6 is 0 Å². The molecule has 0 aromatic carbocycles. The molecule has 0 bridgehead atoms. The van der Waals surface area contributed by atoms with Crippen molar-refractivity contribution in [1.82, 2.24) is 14.6 Å². The molecule has 0 saturated carbocycles. The highest BCUT2D eigenvalue weighted by Crippen LogP contribution is 2.01. The number of nitrogens with one attached hydrogen (secondary N) is 1. The van der Waals surface area contributed by atoms with E-state index < -0.39 is 0 Å². The molecule has 0 aliphatic carbocycles. The second kappa shape index (κ2) is 1.70. The Morgan fingerprint density at radius 2 is 2.60 bits per heavy atom. The van der Waals surface area contributed by atoms with Gasteiger partial charge < -0.3 is 0 Å². The number of aromatic nitrogens is 3. The average molecular weight is 135 g/mol. The van der Waals surface area contributed by atoms with Crippen molar-refractivity contribution in [2.75, 3.05) is 0 Å². The van der Waals surface area contributed by atoms with E-state index in [1.54, 1.807) is 16.9 Å². The van der Waals surface area contributed by atoms with Crippen molar-refractivity contribution in [3.63, 3.8) is 0 Å². The van der Waals surface area contributed by atoms with Gasteiger partial charge in [-0.25, -0.2) is 9.50 Å². The van der Waals surface area contributed by atoms with Crippen molar-refractivity contribution < 1.29 is 4.79 Å². The van der Waals surface area contributed by atoms with E-state index in [2.05, 4.69) is 10.1 Å². The number of carbonyl (C=O) groups is 1. The van der Waals surface area contributed by atoms with E-state index in [0.717, 1.165) is 5.52 Å². The predicted molar refractivity (Wildman–Crippen MR) is 34.9 cm³/mol. The summed E-state index contributed by atoms with van der Waals surface area (Å²) < 4.78 is 1.62. The van der Waals surface area contributed by atoms with Gasteiger partial charge in [0.1, 0.15) is 0 Å². The van der Waals surface area contributed by atoms with Crippen LogP contribution in [-0.2, 0) is 0 Å². The number of nitrogens with zero attached hydrogens (tertiary/aromatic N) is 2. The first-order valence-electron chi connectivity index (χ1n) is 2.88.